The molecule has 13 heteroatoms. The number of carbonyl (C=O) groups excluding carboxylic acids is 1. The number of H-pyrrole nitrogens is 1. The molecule has 0 unspecified atom stereocenters. The average Bonchev–Trinajstić information content (AvgIpc) is 3.54. The second-order valence-electron chi connectivity index (χ2n) is 8.38. The topological polar surface area (TPSA) is 139 Å². The lowest BCUT2D eigenvalue weighted by Crippen LogP contribution is -2.15. The predicted octanol–water partition coefficient (Wildman–Crippen LogP) is 5.41. The van der Waals surface area contributed by atoms with Crippen molar-refractivity contribution in [1.82, 2.24) is 20.2 Å². The monoisotopic (exact) mass is 568 g/mol. The number of nitrogens with zero attached hydrogens (tertiary/aromatic N) is 3. The first kappa shape index (κ1) is 25.6. The van der Waals surface area contributed by atoms with Crippen molar-refractivity contribution in [2.45, 2.75) is 18.7 Å². The van der Waals surface area contributed by atoms with E-state index in [0.717, 1.165) is 10.6 Å². The number of carbonyl (C=O) groups is 1. The van der Waals surface area contributed by atoms with Gasteiger partial charge in [-0.2, -0.15) is 5.10 Å². The number of benzene rings is 2. The fraction of sp³-hybridized carbons (Fsp3) is 0.120. The van der Waals surface area contributed by atoms with Crippen molar-refractivity contribution < 1.29 is 17.9 Å². The maximum Gasteiger partial charge on any atom is 0.275 e. The van der Waals surface area contributed by atoms with Crippen LogP contribution in [-0.2, 0) is 10.0 Å². The number of pyridine rings is 1. The number of hydrogen-bond donors (Lipinski definition) is 3. The van der Waals surface area contributed by atoms with E-state index in [1.807, 2.05) is 13.0 Å². The normalized spacial score (nSPS) is 11.5. The highest BCUT2D eigenvalue weighted by Crippen LogP contribution is 2.34. The Labute approximate surface area is 227 Å². The smallest absolute Gasteiger partial charge is 0.275 e. The second-order valence-corrected chi connectivity index (χ2v) is 11.5. The second kappa shape index (κ2) is 10.0. The third-order valence-corrected chi connectivity index (χ3v) is 8.15. The standard InChI is InChI=1S/C25H21ClN6O4S2/c1-13-4-5-22(36-3)23(6-13)38(34,35)32-20-9-16(10-27-24(20)26)15-7-18(17-11-28-31-19(17)8-15)30-25(33)21-12-37-14(2)29-21/h4-12,32H,1-3H3,(H,28,31)(H,30,33). The minimum atomic E-state index is -4.06. The van der Waals surface area contributed by atoms with E-state index >= 15 is 0 Å². The Morgan fingerprint density at radius 2 is 1.87 bits per heavy atom. The molecule has 0 aliphatic rings. The van der Waals surface area contributed by atoms with E-state index in [-0.39, 0.29) is 27.4 Å². The molecule has 10 nitrogen and oxygen atoms in total. The summed E-state index contributed by atoms with van der Waals surface area (Å²) in [5, 5.41) is 13.0. The van der Waals surface area contributed by atoms with E-state index in [2.05, 4.69) is 30.2 Å². The molecule has 3 heterocycles. The number of nitrogens with one attached hydrogen (secondary N) is 3. The van der Waals surface area contributed by atoms with Gasteiger partial charge in [0.05, 0.1) is 35.2 Å². The van der Waals surface area contributed by atoms with Gasteiger partial charge in [-0.25, -0.2) is 18.4 Å². The van der Waals surface area contributed by atoms with Crippen LogP contribution < -0.4 is 14.8 Å². The van der Waals surface area contributed by atoms with Gasteiger partial charge in [-0.3, -0.25) is 14.6 Å². The van der Waals surface area contributed by atoms with Gasteiger partial charge in [-0.15, -0.1) is 11.3 Å². The molecule has 0 saturated carbocycles. The Morgan fingerprint density at radius 3 is 2.61 bits per heavy atom. The van der Waals surface area contributed by atoms with Crippen LogP contribution >= 0.6 is 22.9 Å². The maximum atomic E-state index is 13.2. The summed E-state index contributed by atoms with van der Waals surface area (Å²) in [6.45, 7) is 3.61. The van der Waals surface area contributed by atoms with Gasteiger partial charge in [-0.1, -0.05) is 17.7 Å². The van der Waals surface area contributed by atoms with Gasteiger partial charge in [-0.05, 0) is 55.3 Å². The van der Waals surface area contributed by atoms with Gasteiger partial charge in [0.25, 0.3) is 15.9 Å². The van der Waals surface area contributed by atoms with E-state index in [1.54, 1.807) is 42.8 Å². The number of thiazole rings is 1. The molecular formula is C25H21ClN6O4S2. The minimum Gasteiger partial charge on any atom is -0.495 e. The molecule has 0 aliphatic carbocycles. The average molecular weight is 569 g/mol. The molecule has 0 atom stereocenters. The Balaban J connectivity index is 1.52. The van der Waals surface area contributed by atoms with E-state index < -0.39 is 10.0 Å². The zero-order valence-electron chi connectivity index (χ0n) is 20.4. The number of ether oxygens (including phenoxy) is 1. The first-order chi connectivity index (χ1) is 18.1. The van der Waals surface area contributed by atoms with Crippen molar-refractivity contribution in [3.63, 3.8) is 0 Å². The fourth-order valence-electron chi connectivity index (χ4n) is 3.85. The van der Waals surface area contributed by atoms with Crippen molar-refractivity contribution in [2.24, 2.45) is 0 Å². The molecule has 0 saturated heterocycles. The lowest BCUT2D eigenvalue weighted by atomic mass is 10.0. The molecule has 5 rings (SSSR count). The summed E-state index contributed by atoms with van der Waals surface area (Å²) in [7, 11) is -2.66. The van der Waals surface area contributed by atoms with E-state index in [0.29, 0.717) is 33.4 Å². The van der Waals surface area contributed by atoms with Crippen molar-refractivity contribution in [3.8, 4) is 16.9 Å². The largest absolute Gasteiger partial charge is 0.495 e. The molecule has 2 aromatic carbocycles. The van der Waals surface area contributed by atoms with Gasteiger partial charge >= 0.3 is 0 Å². The predicted molar refractivity (Wildman–Crippen MR) is 148 cm³/mol. The number of aryl methyl sites for hydroxylation is 2. The summed E-state index contributed by atoms with van der Waals surface area (Å²) >= 11 is 7.66. The first-order valence-electron chi connectivity index (χ1n) is 11.2. The number of rotatable bonds is 7. The van der Waals surface area contributed by atoms with Crippen LogP contribution in [0.2, 0.25) is 5.15 Å². The minimum absolute atomic E-state index is 0.0253. The first-order valence-corrected chi connectivity index (χ1v) is 13.9. The van der Waals surface area contributed by atoms with Gasteiger partial charge in [0.15, 0.2) is 5.15 Å². The van der Waals surface area contributed by atoms with Crippen LogP contribution in [0, 0.1) is 13.8 Å². The van der Waals surface area contributed by atoms with E-state index in [9.17, 15) is 13.2 Å². The number of anilines is 2. The zero-order valence-corrected chi connectivity index (χ0v) is 22.8. The van der Waals surface area contributed by atoms with Crippen LogP contribution in [0.3, 0.4) is 0 Å². The summed E-state index contributed by atoms with van der Waals surface area (Å²) in [6.07, 6.45) is 3.12. The summed E-state index contributed by atoms with van der Waals surface area (Å²) in [5.74, 6) is -0.160. The zero-order chi connectivity index (χ0) is 27.0. The molecule has 5 aromatic rings. The molecule has 194 valence electrons. The van der Waals surface area contributed by atoms with E-state index in [4.69, 9.17) is 16.3 Å². The number of aromatic nitrogens is 4. The van der Waals surface area contributed by atoms with Crippen LogP contribution in [0.4, 0.5) is 11.4 Å². The highest BCUT2D eigenvalue weighted by Gasteiger charge is 2.22. The summed E-state index contributed by atoms with van der Waals surface area (Å²) in [4.78, 5) is 21.2. The Hall–Kier alpha value is -4.00. The molecule has 38 heavy (non-hydrogen) atoms. The number of fused-ring (bicyclic) bond motifs is 1. The van der Waals surface area contributed by atoms with E-state index in [1.165, 1.54) is 30.7 Å². The number of aromatic amines is 1. The Bertz CT molecular complexity index is 1800. The lowest BCUT2D eigenvalue weighted by molar-refractivity contribution is 0.102. The fourth-order valence-corrected chi connectivity index (χ4v) is 5.96. The molecule has 0 bridgehead atoms. The number of methoxy groups -OCH3 is 1. The van der Waals surface area contributed by atoms with Crippen molar-refractivity contribution in [2.75, 3.05) is 17.1 Å². The molecule has 0 radical (unpaired) electrons. The van der Waals surface area contributed by atoms with Gasteiger partial charge < -0.3 is 10.1 Å². The van der Waals surface area contributed by atoms with Crippen LogP contribution in [0.25, 0.3) is 22.0 Å². The Kier molecular flexibility index (Phi) is 6.78. The summed E-state index contributed by atoms with van der Waals surface area (Å²) in [5.41, 5.74) is 3.51. The van der Waals surface area contributed by atoms with Gasteiger partial charge in [0.2, 0.25) is 0 Å². The van der Waals surface area contributed by atoms with Crippen LogP contribution in [-0.4, -0.2) is 41.6 Å². The molecule has 0 fully saturated rings. The number of sulfonamides is 1. The molecule has 3 N–H and O–H groups in total. The van der Waals surface area contributed by atoms with Crippen LogP contribution in [0.5, 0.6) is 5.75 Å². The SMILES string of the molecule is COc1ccc(C)cc1S(=O)(=O)Nc1cc(-c2cc(NC(=O)c3csc(C)n3)c3cn[nH]c3c2)cnc1Cl. The quantitative estimate of drug-likeness (QED) is 0.223. The lowest BCUT2D eigenvalue weighted by Gasteiger charge is -2.14. The third kappa shape index (κ3) is 5.05. The molecule has 0 aliphatic heterocycles. The Morgan fingerprint density at radius 1 is 1.08 bits per heavy atom. The number of halogens is 1. The van der Waals surface area contributed by atoms with Crippen LogP contribution in [0.15, 0.2) is 59.1 Å². The highest BCUT2D eigenvalue weighted by atomic mass is 35.5. The molecule has 3 aromatic heterocycles. The van der Waals surface area contributed by atoms with Gasteiger partial charge in [0, 0.05) is 22.5 Å². The van der Waals surface area contributed by atoms with Gasteiger partial charge in [0.1, 0.15) is 16.3 Å². The molecule has 1 amide bonds. The molecule has 0 spiro atoms. The number of amides is 1. The van der Waals surface area contributed by atoms with Crippen LogP contribution in [0.1, 0.15) is 21.1 Å². The van der Waals surface area contributed by atoms with Crippen molar-refractivity contribution in [1.29, 1.82) is 0 Å². The maximum absolute atomic E-state index is 13.2. The summed E-state index contributed by atoms with van der Waals surface area (Å²) < 4.78 is 34.2. The summed E-state index contributed by atoms with van der Waals surface area (Å²) in [6, 6.07) is 9.99. The van der Waals surface area contributed by atoms with Crippen molar-refractivity contribution >= 4 is 61.1 Å². The number of hydrogen-bond acceptors (Lipinski definition) is 8. The van der Waals surface area contributed by atoms with Crippen molar-refractivity contribution in [3.05, 3.63) is 75.6 Å². The third-order valence-electron chi connectivity index (χ3n) is 5.68. The highest BCUT2D eigenvalue weighted by molar-refractivity contribution is 7.92. The molecular weight excluding hydrogens is 548 g/mol.